The van der Waals surface area contributed by atoms with Gasteiger partial charge in [0.25, 0.3) is 0 Å². The summed E-state index contributed by atoms with van der Waals surface area (Å²) in [7, 11) is 1.41. The van der Waals surface area contributed by atoms with Crippen LogP contribution >= 0.6 is 11.8 Å². The zero-order chi connectivity index (χ0) is 8.82. The summed E-state index contributed by atoms with van der Waals surface area (Å²) in [6.07, 6.45) is 1.89. The van der Waals surface area contributed by atoms with Crippen LogP contribution in [0, 0.1) is 5.41 Å². The maximum absolute atomic E-state index is 11.3. The largest absolute Gasteiger partial charge is 0.468 e. The number of ether oxygens (including phenoxy) is 1. The Bertz CT molecular complexity index is 225. The molecule has 4 heteroatoms. The van der Waals surface area contributed by atoms with Gasteiger partial charge in [-0.2, -0.15) is 11.8 Å². The first-order chi connectivity index (χ1) is 5.65. The van der Waals surface area contributed by atoms with Crippen LogP contribution in [-0.2, 0) is 9.53 Å². The highest BCUT2D eigenvalue weighted by molar-refractivity contribution is 7.99. The van der Waals surface area contributed by atoms with E-state index in [-0.39, 0.29) is 11.4 Å². The van der Waals surface area contributed by atoms with Crippen LogP contribution in [0.25, 0.3) is 0 Å². The Labute approximate surface area is 76.0 Å². The van der Waals surface area contributed by atoms with Crippen molar-refractivity contribution in [2.24, 2.45) is 11.1 Å². The summed E-state index contributed by atoms with van der Waals surface area (Å²) in [5, 5.41) is 0. The maximum Gasteiger partial charge on any atom is 0.326 e. The van der Waals surface area contributed by atoms with Crippen LogP contribution in [0.1, 0.15) is 12.8 Å². The summed E-state index contributed by atoms with van der Waals surface area (Å²) in [5.41, 5.74) is 5.39. The molecule has 1 aliphatic carbocycles. The van der Waals surface area contributed by atoms with Gasteiger partial charge in [0.1, 0.15) is 5.54 Å². The Morgan fingerprint density at radius 1 is 1.67 bits per heavy atom. The number of nitrogens with two attached hydrogens (primary N) is 1. The summed E-state index contributed by atoms with van der Waals surface area (Å²) in [4.78, 5) is 11.3. The fourth-order valence-electron chi connectivity index (χ4n) is 2.06. The fourth-order valence-corrected chi connectivity index (χ4v) is 3.63. The lowest BCUT2D eigenvalue weighted by atomic mass is 10.00. The molecule has 0 aromatic carbocycles. The van der Waals surface area contributed by atoms with Gasteiger partial charge >= 0.3 is 5.97 Å². The van der Waals surface area contributed by atoms with E-state index >= 15 is 0 Å². The topological polar surface area (TPSA) is 52.3 Å². The van der Waals surface area contributed by atoms with E-state index in [9.17, 15) is 4.79 Å². The van der Waals surface area contributed by atoms with Crippen molar-refractivity contribution in [3.63, 3.8) is 0 Å². The van der Waals surface area contributed by atoms with E-state index in [0.717, 1.165) is 24.3 Å². The van der Waals surface area contributed by atoms with E-state index in [2.05, 4.69) is 0 Å². The molecule has 2 unspecified atom stereocenters. The zero-order valence-electron chi connectivity index (χ0n) is 7.13. The predicted octanol–water partition coefficient (Wildman–Crippen LogP) is 0.384. The predicted molar refractivity (Wildman–Crippen MR) is 47.9 cm³/mol. The average Bonchev–Trinajstić information content (AvgIpc) is 2.50. The van der Waals surface area contributed by atoms with Crippen LogP contribution in [0.2, 0.25) is 0 Å². The van der Waals surface area contributed by atoms with Gasteiger partial charge in [-0.1, -0.05) is 0 Å². The molecule has 0 aromatic heterocycles. The molecule has 12 heavy (non-hydrogen) atoms. The normalized spacial score (nSPS) is 44.8. The van der Waals surface area contributed by atoms with Gasteiger partial charge in [0.2, 0.25) is 0 Å². The van der Waals surface area contributed by atoms with Gasteiger partial charge in [-0.3, -0.25) is 4.79 Å². The molecule has 0 amide bonds. The molecule has 68 valence electrons. The van der Waals surface area contributed by atoms with E-state index in [1.165, 1.54) is 7.11 Å². The van der Waals surface area contributed by atoms with Crippen molar-refractivity contribution in [1.29, 1.82) is 0 Å². The summed E-state index contributed by atoms with van der Waals surface area (Å²) in [6.45, 7) is 0. The van der Waals surface area contributed by atoms with Crippen molar-refractivity contribution in [3.05, 3.63) is 0 Å². The summed E-state index contributed by atoms with van der Waals surface area (Å²) < 4.78 is 4.69. The smallest absolute Gasteiger partial charge is 0.326 e. The highest BCUT2D eigenvalue weighted by Gasteiger charge is 2.71. The molecule has 2 rings (SSSR count). The van der Waals surface area contributed by atoms with Crippen molar-refractivity contribution in [2.75, 3.05) is 18.6 Å². The van der Waals surface area contributed by atoms with Crippen LogP contribution in [0.15, 0.2) is 0 Å². The lowest BCUT2D eigenvalue weighted by molar-refractivity contribution is -0.144. The number of methoxy groups -OCH3 is 1. The van der Waals surface area contributed by atoms with E-state index in [1.54, 1.807) is 0 Å². The Hall–Kier alpha value is -0.220. The van der Waals surface area contributed by atoms with Gasteiger partial charge in [0.15, 0.2) is 0 Å². The van der Waals surface area contributed by atoms with E-state index in [4.69, 9.17) is 10.5 Å². The molecule has 0 aromatic rings. The molecule has 2 atom stereocenters. The maximum atomic E-state index is 11.3. The van der Waals surface area contributed by atoms with Crippen molar-refractivity contribution in [2.45, 2.75) is 18.4 Å². The van der Waals surface area contributed by atoms with Gasteiger partial charge in [0, 0.05) is 11.2 Å². The molecular weight excluding hydrogens is 174 g/mol. The van der Waals surface area contributed by atoms with E-state index in [0.29, 0.717) is 0 Å². The van der Waals surface area contributed by atoms with Gasteiger partial charge in [-0.05, 0) is 18.6 Å². The molecule has 1 saturated heterocycles. The second-order valence-corrected chi connectivity index (χ2v) is 4.83. The Kier molecular flexibility index (Phi) is 1.67. The van der Waals surface area contributed by atoms with Crippen molar-refractivity contribution >= 4 is 17.7 Å². The lowest BCUT2D eigenvalue weighted by Crippen LogP contribution is -2.40. The zero-order valence-corrected chi connectivity index (χ0v) is 7.95. The highest BCUT2D eigenvalue weighted by Crippen LogP contribution is 2.62. The molecule has 0 radical (unpaired) electrons. The van der Waals surface area contributed by atoms with Crippen molar-refractivity contribution in [1.82, 2.24) is 0 Å². The van der Waals surface area contributed by atoms with Crippen LogP contribution in [-0.4, -0.2) is 30.1 Å². The second kappa shape index (κ2) is 2.39. The Morgan fingerprint density at radius 3 is 2.92 bits per heavy atom. The third-order valence-corrected chi connectivity index (χ3v) is 4.34. The molecule has 1 heterocycles. The minimum absolute atomic E-state index is 0.0881. The SMILES string of the molecule is COC(=O)C1(N)CC12CCSC2. The third-order valence-electron chi connectivity index (χ3n) is 3.09. The van der Waals surface area contributed by atoms with Crippen LogP contribution in [0.4, 0.5) is 0 Å². The number of thioether (sulfide) groups is 1. The standard InChI is InChI=1S/C8H13NO2S/c1-11-6(10)8(9)4-7(8)2-3-12-5-7/h2-5,9H2,1H3. The number of carbonyl (C=O) groups is 1. The van der Waals surface area contributed by atoms with Gasteiger partial charge in [-0.25, -0.2) is 0 Å². The summed E-state index contributed by atoms with van der Waals surface area (Å²) >= 11 is 1.89. The van der Waals surface area contributed by atoms with Crippen molar-refractivity contribution < 1.29 is 9.53 Å². The highest BCUT2D eigenvalue weighted by atomic mass is 32.2. The molecular formula is C8H13NO2S. The number of rotatable bonds is 1. The van der Waals surface area contributed by atoms with Crippen LogP contribution in [0.3, 0.4) is 0 Å². The minimum atomic E-state index is -0.648. The number of hydrogen-bond donors (Lipinski definition) is 1. The third kappa shape index (κ3) is 0.850. The first kappa shape index (κ1) is 8.38. The lowest BCUT2D eigenvalue weighted by Gasteiger charge is -2.13. The van der Waals surface area contributed by atoms with Crippen LogP contribution in [0.5, 0.6) is 0 Å². The number of hydrogen-bond acceptors (Lipinski definition) is 4. The molecule has 3 nitrogen and oxygen atoms in total. The quantitative estimate of drug-likeness (QED) is 0.603. The Morgan fingerprint density at radius 2 is 2.42 bits per heavy atom. The minimum Gasteiger partial charge on any atom is -0.468 e. The van der Waals surface area contributed by atoms with Gasteiger partial charge in [-0.15, -0.1) is 0 Å². The fraction of sp³-hybridized carbons (Fsp3) is 0.875. The second-order valence-electron chi connectivity index (χ2n) is 3.72. The molecule has 1 aliphatic heterocycles. The molecule has 0 bridgehead atoms. The first-order valence-corrected chi connectivity index (χ1v) is 5.25. The van der Waals surface area contributed by atoms with E-state index < -0.39 is 5.54 Å². The average molecular weight is 187 g/mol. The molecule has 2 fully saturated rings. The van der Waals surface area contributed by atoms with Gasteiger partial charge < -0.3 is 10.5 Å². The number of carbonyl (C=O) groups excluding carboxylic acids is 1. The molecule has 1 spiro atoms. The summed E-state index contributed by atoms with van der Waals surface area (Å²) in [6, 6.07) is 0. The molecule has 2 aliphatic rings. The monoisotopic (exact) mass is 187 g/mol. The Balaban J connectivity index is 2.12. The molecule has 1 saturated carbocycles. The van der Waals surface area contributed by atoms with Gasteiger partial charge in [0.05, 0.1) is 7.11 Å². The van der Waals surface area contributed by atoms with Crippen LogP contribution < -0.4 is 5.73 Å². The first-order valence-electron chi connectivity index (χ1n) is 4.10. The van der Waals surface area contributed by atoms with E-state index in [1.807, 2.05) is 11.8 Å². The summed E-state index contributed by atoms with van der Waals surface area (Å²) in [5.74, 6) is 1.93. The number of esters is 1. The molecule has 2 N–H and O–H groups in total. The van der Waals surface area contributed by atoms with Crippen molar-refractivity contribution in [3.8, 4) is 0 Å².